The van der Waals surface area contributed by atoms with Crippen LogP contribution in [0.15, 0.2) is 0 Å². The first-order chi connectivity index (χ1) is 7.04. The third-order valence-corrected chi connectivity index (χ3v) is 4.85. The third kappa shape index (κ3) is 3.66. The first-order valence-electron chi connectivity index (χ1n) is 4.75. The van der Waals surface area contributed by atoms with Gasteiger partial charge in [0.1, 0.15) is 12.2 Å². The summed E-state index contributed by atoms with van der Waals surface area (Å²) in [7, 11) is 3.14. The number of hydrogen-bond donors (Lipinski definition) is 1. The average molecular weight is 272 g/mol. The molecule has 0 bridgehead atoms. The molecule has 4 nitrogen and oxygen atoms in total. The zero-order valence-corrected chi connectivity index (χ0v) is 11.7. The minimum atomic E-state index is -2.46. The highest BCUT2D eigenvalue weighted by atomic mass is 32.9. The highest BCUT2D eigenvalue weighted by molar-refractivity contribution is 8.60. The van der Waals surface area contributed by atoms with Gasteiger partial charge in [-0.25, -0.2) is 0 Å². The van der Waals surface area contributed by atoms with Gasteiger partial charge in [0.15, 0.2) is 0 Å². The summed E-state index contributed by atoms with van der Waals surface area (Å²) in [5.74, 6) is 0. The Kier molecular flexibility index (Phi) is 5.52. The molecule has 0 amide bonds. The van der Waals surface area contributed by atoms with Crippen molar-refractivity contribution in [3.8, 4) is 0 Å². The molecule has 1 rings (SSSR count). The molecular weight excluding hydrogens is 255 g/mol. The smallest absolute Gasteiger partial charge is 0.244 e. The lowest BCUT2D eigenvalue weighted by atomic mass is 10.1. The van der Waals surface area contributed by atoms with E-state index in [0.29, 0.717) is 6.61 Å². The average Bonchev–Trinajstić information content (AvgIpc) is 2.59. The van der Waals surface area contributed by atoms with Gasteiger partial charge in [-0.2, -0.15) is 0 Å². The van der Waals surface area contributed by atoms with Crippen LogP contribution in [0, 0.1) is 0 Å². The maximum absolute atomic E-state index is 5.67. The van der Waals surface area contributed by atoms with Gasteiger partial charge in [-0.05, 0) is 18.2 Å². The molecule has 1 aliphatic heterocycles. The maximum atomic E-state index is 5.67. The van der Waals surface area contributed by atoms with E-state index >= 15 is 0 Å². The second-order valence-electron chi connectivity index (χ2n) is 3.28. The molecule has 4 atom stereocenters. The monoisotopic (exact) mass is 272 g/mol. The summed E-state index contributed by atoms with van der Waals surface area (Å²) in [6, 6.07) is 0. The molecule has 3 unspecified atom stereocenters. The van der Waals surface area contributed by atoms with Crippen LogP contribution in [-0.2, 0) is 30.3 Å². The quantitative estimate of drug-likeness (QED) is 0.612. The normalized spacial score (nSPS) is 35.3. The van der Waals surface area contributed by atoms with Crippen LogP contribution in [-0.4, -0.2) is 39.1 Å². The molecule has 1 fully saturated rings. The predicted octanol–water partition coefficient (Wildman–Crippen LogP) is 2.00. The highest BCUT2D eigenvalue weighted by Crippen LogP contribution is 2.55. The summed E-state index contributed by atoms with van der Waals surface area (Å²) >= 11 is 9.29. The molecule has 0 radical (unpaired) electrons. The van der Waals surface area contributed by atoms with Crippen LogP contribution >= 0.6 is 17.9 Å². The molecule has 0 aromatic heterocycles. The van der Waals surface area contributed by atoms with Crippen molar-refractivity contribution >= 4 is 29.7 Å². The van der Waals surface area contributed by atoms with Gasteiger partial charge in [0.05, 0.1) is 12.7 Å². The van der Waals surface area contributed by atoms with Crippen molar-refractivity contribution in [1.82, 2.24) is 0 Å². The molecule has 1 saturated heterocycles. The Balaban J connectivity index is 2.66. The van der Waals surface area contributed by atoms with Gasteiger partial charge >= 0.3 is 0 Å². The van der Waals surface area contributed by atoms with E-state index in [0.717, 1.165) is 6.42 Å². The molecule has 1 heterocycles. The van der Waals surface area contributed by atoms with E-state index in [2.05, 4.69) is 12.2 Å². The SMILES string of the molecule is CC[C@H]1OCC(OC)C1OP(=S)(S)OC. The van der Waals surface area contributed by atoms with E-state index in [4.69, 9.17) is 30.3 Å². The summed E-state index contributed by atoms with van der Waals surface area (Å²) in [5.41, 5.74) is -2.46. The fourth-order valence-electron chi connectivity index (χ4n) is 1.53. The molecule has 0 N–H and O–H groups in total. The number of methoxy groups -OCH3 is 1. The Bertz CT molecular complexity index is 239. The fraction of sp³-hybridized carbons (Fsp3) is 1.00. The Labute approximate surface area is 101 Å². The summed E-state index contributed by atoms with van der Waals surface area (Å²) in [5, 5.41) is 0. The van der Waals surface area contributed by atoms with Crippen LogP contribution in [0.25, 0.3) is 0 Å². The minimum absolute atomic E-state index is 0.0135. The second-order valence-corrected chi connectivity index (χ2v) is 8.62. The van der Waals surface area contributed by atoms with Crippen molar-refractivity contribution in [3.63, 3.8) is 0 Å². The van der Waals surface area contributed by atoms with Crippen molar-refractivity contribution in [3.05, 3.63) is 0 Å². The maximum Gasteiger partial charge on any atom is 0.244 e. The Hall–Kier alpha value is 0.840. The first kappa shape index (κ1) is 13.9. The Morgan fingerprint density at radius 2 is 2.20 bits per heavy atom. The van der Waals surface area contributed by atoms with Crippen LogP contribution in [0.5, 0.6) is 0 Å². The predicted molar refractivity (Wildman–Crippen MR) is 66.0 cm³/mol. The summed E-state index contributed by atoms with van der Waals surface area (Å²) in [4.78, 5) is 0. The van der Waals surface area contributed by atoms with Crippen LogP contribution in [0.4, 0.5) is 0 Å². The summed E-state index contributed by atoms with van der Waals surface area (Å²) in [6.07, 6.45) is 0.611. The van der Waals surface area contributed by atoms with Crippen LogP contribution < -0.4 is 0 Å². The van der Waals surface area contributed by atoms with Crippen molar-refractivity contribution in [2.24, 2.45) is 0 Å². The van der Waals surface area contributed by atoms with Crippen molar-refractivity contribution < 1.29 is 18.5 Å². The molecule has 1 aliphatic rings. The molecule has 0 aromatic carbocycles. The van der Waals surface area contributed by atoms with Crippen LogP contribution in [0.1, 0.15) is 13.3 Å². The van der Waals surface area contributed by atoms with E-state index in [9.17, 15) is 0 Å². The van der Waals surface area contributed by atoms with Gasteiger partial charge in [-0.1, -0.05) is 19.2 Å². The lowest BCUT2D eigenvalue weighted by Crippen LogP contribution is -2.33. The van der Waals surface area contributed by atoms with Gasteiger partial charge in [-0.15, -0.1) is 0 Å². The van der Waals surface area contributed by atoms with Crippen molar-refractivity contribution in [2.45, 2.75) is 31.7 Å². The zero-order valence-electron chi connectivity index (χ0n) is 9.08. The molecule has 0 spiro atoms. The molecule has 0 aliphatic carbocycles. The molecule has 15 heavy (non-hydrogen) atoms. The van der Waals surface area contributed by atoms with Crippen molar-refractivity contribution in [1.29, 1.82) is 0 Å². The third-order valence-electron chi connectivity index (χ3n) is 2.40. The Morgan fingerprint density at radius 3 is 2.67 bits per heavy atom. The lowest BCUT2D eigenvalue weighted by Gasteiger charge is -2.25. The topological polar surface area (TPSA) is 36.9 Å². The molecule has 7 heteroatoms. The highest BCUT2D eigenvalue weighted by Gasteiger charge is 2.40. The fourth-order valence-corrected chi connectivity index (χ4v) is 2.82. The van der Waals surface area contributed by atoms with Gasteiger partial charge in [-0.3, -0.25) is 0 Å². The number of rotatable bonds is 5. The summed E-state index contributed by atoms with van der Waals surface area (Å²) in [6.45, 7) is 2.57. The van der Waals surface area contributed by atoms with E-state index in [1.807, 2.05) is 6.92 Å². The zero-order chi connectivity index (χ0) is 11.5. The van der Waals surface area contributed by atoms with Gasteiger partial charge < -0.3 is 18.5 Å². The molecule has 90 valence electrons. The lowest BCUT2D eigenvalue weighted by molar-refractivity contribution is 0.0216. The number of hydrogen-bond acceptors (Lipinski definition) is 5. The van der Waals surface area contributed by atoms with E-state index in [1.165, 1.54) is 7.11 Å². The van der Waals surface area contributed by atoms with Crippen LogP contribution in [0.3, 0.4) is 0 Å². The molecule has 0 saturated carbocycles. The van der Waals surface area contributed by atoms with Gasteiger partial charge in [0, 0.05) is 14.2 Å². The van der Waals surface area contributed by atoms with Crippen molar-refractivity contribution in [2.75, 3.05) is 20.8 Å². The summed E-state index contributed by atoms with van der Waals surface area (Å²) < 4.78 is 21.5. The van der Waals surface area contributed by atoms with E-state index < -0.39 is 5.69 Å². The van der Waals surface area contributed by atoms with Gasteiger partial charge in [0.25, 0.3) is 0 Å². The van der Waals surface area contributed by atoms with Gasteiger partial charge in [0.2, 0.25) is 5.69 Å². The molecular formula is C8H17O4PS2. The largest absolute Gasteiger partial charge is 0.376 e. The van der Waals surface area contributed by atoms with Crippen LogP contribution in [0.2, 0.25) is 0 Å². The first-order valence-corrected chi connectivity index (χ1v) is 8.54. The number of ether oxygens (including phenoxy) is 2. The number of thiol groups is 1. The standard InChI is InChI=1S/C8H17O4PS2/c1-4-6-8(7(9-2)5-11-6)12-13(14,15)10-3/h6-8H,4-5H2,1-3H3,(H,14,15)/t6-,7?,8?/m1/s1. The second kappa shape index (κ2) is 5.96. The Morgan fingerprint density at radius 1 is 1.53 bits per heavy atom. The van der Waals surface area contributed by atoms with E-state index in [-0.39, 0.29) is 18.3 Å². The minimum Gasteiger partial charge on any atom is -0.376 e. The molecule has 0 aromatic rings. The van der Waals surface area contributed by atoms with E-state index in [1.54, 1.807) is 7.11 Å².